The van der Waals surface area contributed by atoms with Crippen LogP contribution >= 0.6 is 0 Å². The molecule has 72 valence electrons. The van der Waals surface area contributed by atoms with Gasteiger partial charge in [-0.05, 0) is 18.9 Å². The first kappa shape index (κ1) is 10.0. The molecule has 0 aliphatic carbocycles. The van der Waals surface area contributed by atoms with Crippen LogP contribution in [-0.2, 0) is 4.74 Å². The van der Waals surface area contributed by atoms with Crippen molar-refractivity contribution in [2.24, 2.45) is 11.8 Å². The van der Waals surface area contributed by atoms with Crippen LogP contribution in [0, 0.1) is 11.8 Å². The van der Waals surface area contributed by atoms with Crippen molar-refractivity contribution >= 4 is 0 Å². The van der Waals surface area contributed by atoms with Crippen LogP contribution in [0.2, 0.25) is 0 Å². The average molecular weight is 171 g/mol. The Morgan fingerprint density at radius 3 is 2.00 bits per heavy atom. The Bertz CT molecular complexity index is 150. The van der Waals surface area contributed by atoms with Crippen molar-refractivity contribution in [3.63, 3.8) is 0 Å². The van der Waals surface area contributed by atoms with Crippen LogP contribution in [0.3, 0.4) is 0 Å². The van der Waals surface area contributed by atoms with E-state index in [1.807, 2.05) is 7.11 Å². The van der Waals surface area contributed by atoms with Crippen molar-refractivity contribution < 1.29 is 4.74 Å². The number of likely N-dealkylation sites (tertiary alicyclic amines) is 1. The lowest BCUT2D eigenvalue weighted by Crippen LogP contribution is -2.65. The van der Waals surface area contributed by atoms with E-state index in [1.165, 1.54) is 0 Å². The summed E-state index contributed by atoms with van der Waals surface area (Å²) in [5.41, 5.74) is 0.142. The van der Waals surface area contributed by atoms with Crippen molar-refractivity contribution in [1.29, 1.82) is 0 Å². The summed E-state index contributed by atoms with van der Waals surface area (Å²) < 4.78 is 5.63. The topological polar surface area (TPSA) is 12.5 Å². The normalized spacial score (nSPS) is 25.5. The molecule has 0 aromatic heterocycles. The van der Waals surface area contributed by atoms with Gasteiger partial charge < -0.3 is 9.64 Å². The fraction of sp³-hybridized carbons (Fsp3) is 1.00. The number of hydrogen-bond acceptors (Lipinski definition) is 2. The van der Waals surface area contributed by atoms with Gasteiger partial charge in [0, 0.05) is 20.2 Å². The quantitative estimate of drug-likeness (QED) is 0.639. The fourth-order valence-corrected chi connectivity index (χ4v) is 2.08. The van der Waals surface area contributed by atoms with Crippen LogP contribution in [0.15, 0.2) is 0 Å². The van der Waals surface area contributed by atoms with Gasteiger partial charge in [0.15, 0.2) is 0 Å². The Labute approximate surface area is 75.9 Å². The van der Waals surface area contributed by atoms with E-state index >= 15 is 0 Å². The molecule has 0 aromatic rings. The lowest BCUT2D eigenvalue weighted by Gasteiger charge is -2.52. The molecule has 1 rings (SSSR count). The molecule has 1 saturated heterocycles. The Balaban J connectivity index is 2.57. The van der Waals surface area contributed by atoms with E-state index in [4.69, 9.17) is 4.74 Å². The van der Waals surface area contributed by atoms with Crippen molar-refractivity contribution in [1.82, 2.24) is 4.90 Å². The van der Waals surface area contributed by atoms with Gasteiger partial charge in [0.25, 0.3) is 0 Å². The summed E-state index contributed by atoms with van der Waals surface area (Å²) in [6, 6.07) is 0. The maximum absolute atomic E-state index is 5.63. The van der Waals surface area contributed by atoms with E-state index in [-0.39, 0.29) is 5.60 Å². The minimum Gasteiger partial charge on any atom is -0.375 e. The lowest BCUT2D eigenvalue weighted by molar-refractivity contribution is -0.156. The van der Waals surface area contributed by atoms with Crippen molar-refractivity contribution in [3.8, 4) is 0 Å². The van der Waals surface area contributed by atoms with E-state index in [0.29, 0.717) is 11.8 Å². The molecule has 1 atom stereocenters. The minimum absolute atomic E-state index is 0.142. The van der Waals surface area contributed by atoms with Gasteiger partial charge in [0.1, 0.15) is 0 Å². The molecule has 2 nitrogen and oxygen atoms in total. The third-order valence-corrected chi connectivity index (χ3v) is 3.31. The molecule has 0 aromatic carbocycles. The maximum atomic E-state index is 5.63. The molecule has 0 amide bonds. The predicted molar refractivity (Wildman–Crippen MR) is 51.2 cm³/mol. The van der Waals surface area contributed by atoms with Crippen molar-refractivity contribution in [2.45, 2.75) is 26.4 Å². The summed E-state index contributed by atoms with van der Waals surface area (Å²) in [5, 5.41) is 0. The second-order valence-corrected chi connectivity index (χ2v) is 4.47. The van der Waals surface area contributed by atoms with Crippen molar-refractivity contribution in [3.05, 3.63) is 0 Å². The van der Waals surface area contributed by atoms with Gasteiger partial charge >= 0.3 is 0 Å². The molecule has 0 saturated carbocycles. The molecule has 0 N–H and O–H groups in total. The third kappa shape index (κ3) is 1.50. The zero-order valence-corrected chi connectivity index (χ0v) is 8.92. The first-order valence-corrected chi connectivity index (χ1v) is 4.75. The summed E-state index contributed by atoms with van der Waals surface area (Å²) >= 11 is 0. The minimum atomic E-state index is 0.142. The first-order valence-electron chi connectivity index (χ1n) is 4.75. The average Bonchev–Trinajstić information content (AvgIpc) is 1.96. The van der Waals surface area contributed by atoms with Gasteiger partial charge in [-0.15, -0.1) is 0 Å². The highest BCUT2D eigenvalue weighted by Crippen LogP contribution is 2.35. The molecular weight excluding hydrogens is 150 g/mol. The molecule has 0 radical (unpaired) electrons. The van der Waals surface area contributed by atoms with Gasteiger partial charge in [0.2, 0.25) is 0 Å². The number of hydrogen-bond donors (Lipinski definition) is 0. The molecule has 1 heterocycles. The second kappa shape index (κ2) is 3.35. The van der Waals surface area contributed by atoms with Crippen LogP contribution in [-0.4, -0.2) is 37.7 Å². The number of rotatable bonds is 3. The Hall–Kier alpha value is -0.0800. The van der Waals surface area contributed by atoms with Gasteiger partial charge in [-0.25, -0.2) is 0 Å². The van der Waals surface area contributed by atoms with Crippen LogP contribution in [0.25, 0.3) is 0 Å². The SMILES string of the molecule is COC1(C(C)C(C)C)CN(C)C1. The molecule has 1 aliphatic heterocycles. The highest BCUT2D eigenvalue weighted by molar-refractivity contribution is 4.99. The lowest BCUT2D eigenvalue weighted by atomic mass is 9.76. The molecule has 12 heavy (non-hydrogen) atoms. The highest BCUT2D eigenvalue weighted by Gasteiger charge is 2.46. The smallest absolute Gasteiger partial charge is 0.0958 e. The van der Waals surface area contributed by atoms with Gasteiger partial charge in [-0.1, -0.05) is 20.8 Å². The van der Waals surface area contributed by atoms with E-state index in [1.54, 1.807) is 0 Å². The molecule has 0 spiro atoms. The number of methoxy groups -OCH3 is 1. The zero-order chi connectivity index (χ0) is 9.35. The van der Waals surface area contributed by atoms with E-state index in [0.717, 1.165) is 13.1 Å². The maximum Gasteiger partial charge on any atom is 0.0958 e. The Morgan fingerprint density at radius 2 is 1.75 bits per heavy atom. The first-order chi connectivity index (χ1) is 5.52. The number of nitrogens with zero attached hydrogens (tertiary/aromatic N) is 1. The molecule has 2 heteroatoms. The van der Waals surface area contributed by atoms with Crippen LogP contribution in [0.5, 0.6) is 0 Å². The Morgan fingerprint density at radius 1 is 1.25 bits per heavy atom. The van der Waals surface area contributed by atoms with E-state index in [9.17, 15) is 0 Å². The Kier molecular flexibility index (Phi) is 2.79. The van der Waals surface area contributed by atoms with Gasteiger partial charge in [-0.2, -0.15) is 0 Å². The second-order valence-electron chi connectivity index (χ2n) is 4.47. The van der Waals surface area contributed by atoms with E-state index < -0.39 is 0 Å². The summed E-state index contributed by atoms with van der Waals surface area (Å²) in [7, 11) is 3.98. The molecular formula is C10H21NO. The zero-order valence-electron chi connectivity index (χ0n) is 8.92. The van der Waals surface area contributed by atoms with Crippen LogP contribution < -0.4 is 0 Å². The third-order valence-electron chi connectivity index (χ3n) is 3.31. The summed E-state index contributed by atoms with van der Waals surface area (Å²) in [4.78, 5) is 2.31. The van der Waals surface area contributed by atoms with Gasteiger partial charge in [-0.3, -0.25) is 0 Å². The molecule has 1 aliphatic rings. The van der Waals surface area contributed by atoms with Crippen LogP contribution in [0.1, 0.15) is 20.8 Å². The summed E-state index contributed by atoms with van der Waals surface area (Å²) in [5.74, 6) is 1.36. The fourth-order valence-electron chi connectivity index (χ4n) is 2.08. The molecule has 1 unspecified atom stereocenters. The van der Waals surface area contributed by atoms with Crippen LogP contribution in [0.4, 0.5) is 0 Å². The molecule has 0 bridgehead atoms. The molecule has 1 fully saturated rings. The van der Waals surface area contributed by atoms with E-state index in [2.05, 4.69) is 32.7 Å². The summed E-state index contributed by atoms with van der Waals surface area (Å²) in [6.07, 6.45) is 0. The highest BCUT2D eigenvalue weighted by atomic mass is 16.5. The van der Waals surface area contributed by atoms with Gasteiger partial charge in [0.05, 0.1) is 5.60 Å². The largest absolute Gasteiger partial charge is 0.375 e. The predicted octanol–water partition coefficient (Wildman–Crippen LogP) is 1.61. The summed E-state index contributed by atoms with van der Waals surface area (Å²) in [6.45, 7) is 9.00. The van der Waals surface area contributed by atoms with Crippen molar-refractivity contribution in [2.75, 3.05) is 27.2 Å². The number of likely N-dealkylation sites (N-methyl/N-ethyl adjacent to an activating group) is 1. The standard InChI is InChI=1S/C10H21NO/c1-8(2)9(3)10(12-5)6-11(4)7-10/h8-9H,6-7H2,1-5H3. The monoisotopic (exact) mass is 171 g/mol. The number of ether oxygens (including phenoxy) is 1.